The lowest BCUT2D eigenvalue weighted by Gasteiger charge is -2.39. The van der Waals surface area contributed by atoms with Gasteiger partial charge >= 0.3 is 5.69 Å². The summed E-state index contributed by atoms with van der Waals surface area (Å²) in [5.74, 6) is 2.29. The minimum Gasteiger partial charge on any atom is -0.507 e. The molecule has 0 saturated carbocycles. The molecule has 0 bridgehead atoms. The van der Waals surface area contributed by atoms with Crippen molar-refractivity contribution in [3.05, 3.63) is 130 Å². The van der Waals surface area contributed by atoms with Crippen LogP contribution in [0.15, 0.2) is 124 Å². The number of anilines is 1. The second-order valence-electron chi connectivity index (χ2n) is 19.1. The number of nitrogens with two attached hydrogens (primary N) is 1. The van der Waals surface area contributed by atoms with Gasteiger partial charge in [-0.3, -0.25) is 19.5 Å². The van der Waals surface area contributed by atoms with Crippen molar-refractivity contribution in [1.29, 1.82) is 0 Å². The molecule has 15 heteroatoms. The smallest absolute Gasteiger partial charge is 0.348 e. The van der Waals surface area contributed by atoms with Gasteiger partial charge in [0.2, 0.25) is 11.8 Å². The summed E-state index contributed by atoms with van der Waals surface area (Å²) in [6.45, 7) is 14.6. The van der Waals surface area contributed by atoms with Gasteiger partial charge in [0.25, 0.3) is 0 Å². The molecule has 0 atom stereocenters. The fourth-order valence-corrected chi connectivity index (χ4v) is 10.9. The van der Waals surface area contributed by atoms with E-state index < -0.39 is 0 Å². The highest BCUT2D eigenvalue weighted by Gasteiger charge is 2.32. The molecular formula is C55H67N11O4. The van der Waals surface area contributed by atoms with Crippen molar-refractivity contribution < 1.29 is 14.7 Å². The Bertz CT molecular complexity index is 2800. The Labute approximate surface area is 410 Å². The van der Waals surface area contributed by atoms with Gasteiger partial charge in [0.05, 0.1) is 29.8 Å². The van der Waals surface area contributed by atoms with E-state index in [1.807, 2.05) is 48.2 Å². The second kappa shape index (κ2) is 22.2. The lowest BCUT2D eigenvalue weighted by atomic mass is 9.90. The molecule has 5 heterocycles. The number of aromatic nitrogens is 3. The first-order valence-electron chi connectivity index (χ1n) is 25.2. The van der Waals surface area contributed by atoms with Crippen molar-refractivity contribution in [2.24, 2.45) is 27.6 Å². The molecule has 2 amide bonds. The highest BCUT2D eigenvalue weighted by atomic mass is 16.3. The third-order valence-corrected chi connectivity index (χ3v) is 14.9. The number of aromatic hydroxyl groups is 1. The first kappa shape index (κ1) is 48.0. The molecule has 4 aromatic carbocycles. The maximum absolute atomic E-state index is 13.8. The quantitative estimate of drug-likeness (QED) is 0.0471. The summed E-state index contributed by atoms with van der Waals surface area (Å²) in [6, 6.07) is 28.2. The second-order valence-corrected chi connectivity index (χ2v) is 19.1. The van der Waals surface area contributed by atoms with Crippen LogP contribution in [0.1, 0.15) is 63.0 Å². The summed E-state index contributed by atoms with van der Waals surface area (Å²) in [5.41, 5.74) is 12.2. The predicted octanol–water partition coefficient (Wildman–Crippen LogP) is 6.76. The molecule has 3 saturated heterocycles. The maximum atomic E-state index is 13.8. The minimum absolute atomic E-state index is 0.0388. The van der Waals surface area contributed by atoms with Gasteiger partial charge in [0.1, 0.15) is 11.6 Å². The topological polar surface area (TPSA) is 172 Å². The normalized spacial score (nSPS) is 18.1. The van der Waals surface area contributed by atoms with Crippen LogP contribution in [0.4, 0.5) is 5.69 Å². The molecule has 5 aromatic rings. The highest BCUT2D eigenvalue weighted by molar-refractivity contribution is 6.00. The number of aromatic amines is 1. The third-order valence-electron chi connectivity index (χ3n) is 14.9. The van der Waals surface area contributed by atoms with Gasteiger partial charge in [-0.05, 0) is 123 Å². The number of nitrogens with zero attached hydrogens (tertiary/aromatic N) is 9. The van der Waals surface area contributed by atoms with Crippen molar-refractivity contribution >= 4 is 40.4 Å². The number of fused-ring (bicyclic) bond motifs is 1. The average Bonchev–Trinajstić information content (AvgIpc) is 3.79. The molecule has 15 nitrogen and oxygen atoms in total. The van der Waals surface area contributed by atoms with Gasteiger partial charge in [-0.25, -0.2) is 19.5 Å². The number of hydrogen-bond donors (Lipinski definition) is 3. The predicted molar refractivity (Wildman–Crippen MR) is 278 cm³/mol. The number of piperazine rings is 1. The van der Waals surface area contributed by atoms with Crippen LogP contribution in [0.3, 0.4) is 0 Å². The Morgan fingerprint density at radius 1 is 0.857 bits per heavy atom. The van der Waals surface area contributed by atoms with Crippen molar-refractivity contribution in [1.82, 2.24) is 34.4 Å². The largest absolute Gasteiger partial charge is 0.507 e. The van der Waals surface area contributed by atoms with Crippen LogP contribution < -0.4 is 16.3 Å². The number of carbonyl (C=O) groups excluding carboxylic acids is 2. The van der Waals surface area contributed by atoms with Gasteiger partial charge in [0.15, 0.2) is 5.82 Å². The number of hydrogen-bond acceptors (Lipinski definition) is 9. The fourth-order valence-electron chi connectivity index (χ4n) is 10.9. The number of amidine groups is 1. The number of rotatable bonds is 14. The van der Waals surface area contributed by atoms with E-state index in [9.17, 15) is 19.5 Å². The van der Waals surface area contributed by atoms with Crippen LogP contribution in [-0.4, -0.2) is 135 Å². The molecule has 0 spiro atoms. The Kier molecular flexibility index (Phi) is 15.2. The van der Waals surface area contributed by atoms with Crippen LogP contribution in [-0.2, 0) is 22.6 Å². The molecule has 70 heavy (non-hydrogen) atoms. The summed E-state index contributed by atoms with van der Waals surface area (Å²) >= 11 is 0. The summed E-state index contributed by atoms with van der Waals surface area (Å²) in [7, 11) is 0. The SMILES string of the molecule is C=CC(=O)N1CCN(C(=NCCCC2CCN(C(=O)C3CCN(Cc4ccc(-n5c(-c6cc(CC)ccc6O)n[nH]c5=O)cc4)CC3)CC2)C2=C(N=CN)CN(c3cccc4ccccc34)CC2)CC1. The number of phenolic OH excluding ortho intramolecular Hbond substituents is 1. The fraction of sp³-hybridized carbons (Fsp3) is 0.418. The van der Waals surface area contributed by atoms with Crippen molar-refractivity contribution in [2.45, 2.75) is 64.8 Å². The molecule has 4 aliphatic rings. The number of carbonyl (C=O) groups is 2. The maximum Gasteiger partial charge on any atom is 0.348 e. The number of benzene rings is 4. The molecule has 0 unspecified atom stereocenters. The lowest BCUT2D eigenvalue weighted by molar-refractivity contribution is -0.138. The van der Waals surface area contributed by atoms with E-state index in [4.69, 9.17) is 15.7 Å². The molecule has 4 N–H and O–H groups in total. The van der Waals surface area contributed by atoms with Crippen LogP contribution in [0.2, 0.25) is 0 Å². The van der Waals surface area contributed by atoms with Crippen LogP contribution >= 0.6 is 0 Å². The summed E-state index contributed by atoms with van der Waals surface area (Å²) in [6.07, 6.45) is 10.1. The Hall–Kier alpha value is -7.00. The zero-order chi connectivity index (χ0) is 48.6. The van der Waals surface area contributed by atoms with Crippen LogP contribution in [0, 0.1) is 11.8 Å². The van der Waals surface area contributed by atoms with E-state index in [1.54, 1.807) is 6.07 Å². The summed E-state index contributed by atoms with van der Waals surface area (Å²) < 4.78 is 1.50. The van der Waals surface area contributed by atoms with Gasteiger partial charge in [-0.1, -0.05) is 68.1 Å². The average molecular weight is 946 g/mol. The zero-order valence-electron chi connectivity index (χ0n) is 40.5. The molecule has 4 aliphatic heterocycles. The van der Waals surface area contributed by atoms with E-state index in [0.29, 0.717) is 68.2 Å². The lowest BCUT2D eigenvalue weighted by Crippen LogP contribution is -2.51. The van der Waals surface area contributed by atoms with E-state index >= 15 is 0 Å². The first-order valence-corrected chi connectivity index (χ1v) is 25.2. The molecular weight excluding hydrogens is 879 g/mol. The van der Waals surface area contributed by atoms with Gasteiger partial charge in [-0.15, -0.1) is 0 Å². The monoisotopic (exact) mass is 946 g/mol. The van der Waals surface area contributed by atoms with Crippen molar-refractivity contribution in [3.8, 4) is 22.8 Å². The number of aliphatic imine (C=N–C) groups is 2. The molecule has 1 aromatic heterocycles. The Balaban J connectivity index is 0.765. The van der Waals surface area contributed by atoms with Gasteiger partial charge in [-0.2, -0.15) is 5.10 Å². The van der Waals surface area contributed by atoms with E-state index in [-0.39, 0.29) is 23.3 Å². The van der Waals surface area contributed by atoms with Crippen molar-refractivity contribution in [3.63, 3.8) is 0 Å². The van der Waals surface area contributed by atoms with E-state index in [0.717, 1.165) is 119 Å². The molecule has 0 aliphatic carbocycles. The summed E-state index contributed by atoms with van der Waals surface area (Å²) in [5, 5.41) is 19.8. The number of likely N-dealkylation sites (tertiary alicyclic amines) is 2. The standard InChI is InChI=1S/C55H67N11O4/c1-3-39-16-19-50(67)47(35-39)53-59-60-55(70)66(53)44-17-14-41(15-18-44)36-61-26-22-43(23-27-61)54(69)64-28-20-40(21-29-64)9-8-25-57-52(63-33-31-62(32-34-63)51(68)4-2)46-24-30-65(37-48(46)58-38-56)49-13-7-11-42-10-5-6-12-45(42)49/h4-7,10-19,35,38,40,43,67H,2-3,8-9,20-34,36-37H2,1H3,(H2,56,58)(H,60,70). The van der Waals surface area contributed by atoms with Gasteiger partial charge in [0, 0.05) is 81.5 Å². The molecule has 0 radical (unpaired) electrons. The first-order chi connectivity index (χ1) is 34.2. The molecule has 366 valence electrons. The number of piperidine rings is 2. The van der Waals surface area contributed by atoms with Crippen LogP contribution in [0.5, 0.6) is 5.75 Å². The van der Waals surface area contributed by atoms with E-state index in [1.165, 1.54) is 33.4 Å². The highest BCUT2D eigenvalue weighted by Crippen LogP contribution is 2.34. The number of nitrogens with one attached hydrogen (secondary N) is 1. The number of amides is 2. The molecule has 9 rings (SSSR count). The minimum atomic E-state index is -0.367. The third kappa shape index (κ3) is 10.7. The zero-order valence-corrected chi connectivity index (χ0v) is 40.5. The number of aryl methyl sites for hydroxylation is 1. The van der Waals surface area contributed by atoms with Crippen LogP contribution in [0.25, 0.3) is 27.8 Å². The Morgan fingerprint density at radius 3 is 2.33 bits per heavy atom. The number of phenols is 1. The molecule has 3 fully saturated rings. The Morgan fingerprint density at radius 2 is 1.59 bits per heavy atom. The van der Waals surface area contributed by atoms with Gasteiger partial charge < -0.3 is 30.4 Å². The summed E-state index contributed by atoms with van der Waals surface area (Å²) in [4.78, 5) is 60.4. The van der Waals surface area contributed by atoms with E-state index in [2.05, 4.69) is 78.8 Å². The number of H-pyrrole nitrogens is 1. The van der Waals surface area contributed by atoms with Crippen molar-refractivity contribution in [2.75, 3.05) is 76.9 Å².